The average Bonchev–Trinajstić information content (AvgIpc) is 2.46. The Morgan fingerprint density at radius 3 is 2.19 bits per heavy atom. The summed E-state index contributed by atoms with van der Waals surface area (Å²) < 4.78 is 0. The van der Waals surface area contributed by atoms with Crippen molar-refractivity contribution in [1.29, 1.82) is 0 Å². The van der Waals surface area contributed by atoms with Crippen molar-refractivity contribution in [2.24, 2.45) is 22.7 Å². The molecular weight excluding hydrogens is 208 g/mol. The summed E-state index contributed by atoms with van der Waals surface area (Å²) in [5.41, 5.74) is 0.0112. The average molecular weight is 224 g/mol. The zero-order valence-electron chi connectivity index (χ0n) is 9.65. The van der Waals surface area contributed by atoms with E-state index in [1.165, 1.54) is 0 Å². The molecule has 2 rings (SSSR count). The fourth-order valence-electron chi connectivity index (χ4n) is 3.78. The van der Waals surface area contributed by atoms with Gasteiger partial charge in [0.1, 0.15) is 0 Å². The third-order valence-corrected chi connectivity index (χ3v) is 4.46. The van der Waals surface area contributed by atoms with Crippen molar-refractivity contribution in [2.75, 3.05) is 0 Å². The van der Waals surface area contributed by atoms with Gasteiger partial charge >= 0.3 is 11.9 Å². The summed E-state index contributed by atoms with van der Waals surface area (Å²) in [5.74, 6) is -3.60. The van der Waals surface area contributed by atoms with E-state index in [1.54, 1.807) is 0 Å². The predicted molar refractivity (Wildman–Crippen MR) is 56.8 cm³/mol. The van der Waals surface area contributed by atoms with Crippen LogP contribution in [0, 0.1) is 22.7 Å². The number of allylic oxidation sites excluding steroid dienone is 2. The molecule has 4 heteroatoms. The monoisotopic (exact) mass is 224 g/mol. The van der Waals surface area contributed by atoms with Crippen LogP contribution in [0.1, 0.15) is 27.2 Å². The number of carbonyl (C=O) groups is 2. The quantitative estimate of drug-likeness (QED) is 0.701. The molecule has 2 aliphatic rings. The first-order chi connectivity index (χ1) is 7.22. The Labute approximate surface area is 94.0 Å². The van der Waals surface area contributed by atoms with E-state index in [4.69, 9.17) is 0 Å². The molecule has 4 unspecified atom stereocenters. The first-order valence-electron chi connectivity index (χ1n) is 5.38. The van der Waals surface area contributed by atoms with Crippen molar-refractivity contribution in [3.63, 3.8) is 0 Å². The second-order valence-corrected chi connectivity index (χ2v) is 5.56. The van der Waals surface area contributed by atoms with Crippen LogP contribution in [0.25, 0.3) is 0 Å². The van der Waals surface area contributed by atoms with Gasteiger partial charge in [0.15, 0.2) is 0 Å². The number of hydrogen-bond acceptors (Lipinski definition) is 2. The summed E-state index contributed by atoms with van der Waals surface area (Å²) in [4.78, 5) is 22.6. The van der Waals surface area contributed by atoms with Gasteiger partial charge in [-0.25, -0.2) is 0 Å². The lowest BCUT2D eigenvalue weighted by atomic mass is 9.68. The molecule has 0 amide bonds. The van der Waals surface area contributed by atoms with Gasteiger partial charge in [-0.2, -0.15) is 0 Å². The minimum Gasteiger partial charge on any atom is -0.481 e. The minimum absolute atomic E-state index is 0.496. The Kier molecular flexibility index (Phi) is 2.00. The normalized spacial score (nSPS) is 45.6. The van der Waals surface area contributed by atoms with Gasteiger partial charge in [0, 0.05) is 10.8 Å². The largest absolute Gasteiger partial charge is 0.481 e. The second-order valence-electron chi connectivity index (χ2n) is 5.56. The van der Waals surface area contributed by atoms with Crippen LogP contribution in [0.4, 0.5) is 0 Å². The topological polar surface area (TPSA) is 74.6 Å². The molecule has 0 heterocycles. The van der Waals surface area contributed by atoms with Gasteiger partial charge in [-0.3, -0.25) is 9.59 Å². The highest BCUT2D eigenvalue weighted by atomic mass is 16.4. The predicted octanol–water partition coefficient (Wildman–Crippen LogP) is 1.76. The van der Waals surface area contributed by atoms with E-state index in [-0.39, 0.29) is 0 Å². The summed E-state index contributed by atoms with van der Waals surface area (Å²) in [6.07, 6.45) is 2.57. The van der Waals surface area contributed by atoms with Crippen LogP contribution < -0.4 is 0 Å². The third-order valence-electron chi connectivity index (χ3n) is 4.46. The lowest BCUT2D eigenvalue weighted by Crippen LogP contribution is -2.41. The standard InChI is InChI=1S/C12H16O4/c1-6-4-11(2)5-12(6,3)8(10(15)16)7(11)9(13)14/h4,7-8H,5H2,1-3H3,(H,13,14)(H,15,16). The molecule has 0 aromatic carbocycles. The number of carboxylic acid groups (broad SMARTS) is 2. The molecule has 2 N–H and O–H groups in total. The highest BCUT2D eigenvalue weighted by Crippen LogP contribution is 2.66. The van der Waals surface area contributed by atoms with E-state index in [0.717, 1.165) is 5.57 Å². The van der Waals surface area contributed by atoms with Crippen molar-refractivity contribution in [1.82, 2.24) is 0 Å². The van der Waals surface area contributed by atoms with Gasteiger partial charge in [0.25, 0.3) is 0 Å². The zero-order valence-corrected chi connectivity index (χ0v) is 9.65. The summed E-state index contributed by atoms with van der Waals surface area (Å²) in [5, 5.41) is 18.5. The van der Waals surface area contributed by atoms with Crippen molar-refractivity contribution in [3.05, 3.63) is 11.6 Å². The Balaban J connectivity index is 2.57. The van der Waals surface area contributed by atoms with Gasteiger partial charge in [-0.1, -0.05) is 25.5 Å². The van der Waals surface area contributed by atoms with Crippen molar-refractivity contribution in [2.45, 2.75) is 27.2 Å². The first kappa shape index (κ1) is 11.2. The smallest absolute Gasteiger partial charge is 0.308 e. The van der Waals surface area contributed by atoms with Crippen LogP contribution in [-0.2, 0) is 9.59 Å². The highest BCUT2D eigenvalue weighted by molar-refractivity contribution is 5.84. The molecule has 0 radical (unpaired) electrons. The number of fused-ring (bicyclic) bond motifs is 2. The Hall–Kier alpha value is -1.32. The molecule has 0 aromatic heterocycles. The molecule has 1 saturated carbocycles. The third kappa shape index (κ3) is 1.10. The van der Waals surface area contributed by atoms with Gasteiger partial charge in [0.2, 0.25) is 0 Å². The van der Waals surface area contributed by atoms with E-state index < -0.39 is 34.6 Å². The summed E-state index contributed by atoms with van der Waals surface area (Å²) >= 11 is 0. The maximum Gasteiger partial charge on any atom is 0.308 e. The van der Waals surface area contributed by atoms with E-state index in [2.05, 4.69) is 0 Å². The number of rotatable bonds is 2. The summed E-state index contributed by atoms with van der Waals surface area (Å²) in [7, 11) is 0. The van der Waals surface area contributed by atoms with Crippen LogP contribution in [0.2, 0.25) is 0 Å². The van der Waals surface area contributed by atoms with Gasteiger partial charge in [0.05, 0.1) is 11.8 Å². The molecule has 1 fully saturated rings. The molecule has 88 valence electrons. The van der Waals surface area contributed by atoms with E-state index in [1.807, 2.05) is 26.8 Å². The van der Waals surface area contributed by atoms with Crippen LogP contribution in [0.15, 0.2) is 11.6 Å². The van der Waals surface area contributed by atoms with Gasteiger partial charge in [-0.05, 0) is 13.3 Å². The number of hydrogen-bond donors (Lipinski definition) is 2. The van der Waals surface area contributed by atoms with E-state index in [0.29, 0.717) is 6.42 Å². The minimum atomic E-state index is -0.998. The summed E-state index contributed by atoms with van der Waals surface area (Å²) in [6, 6.07) is 0. The lowest BCUT2D eigenvalue weighted by Gasteiger charge is -2.34. The van der Waals surface area contributed by atoms with Crippen molar-refractivity contribution >= 4 is 11.9 Å². The van der Waals surface area contributed by atoms with Crippen LogP contribution in [-0.4, -0.2) is 22.2 Å². The maximum atomic E-state index is 11.3. The van der Waals surface area contributed by atoms with Crippen molar-refractivity contribution in [3.8, 4) is 0 Å². The SMILES string of the molecule is CC1=CC2(C)CC1(C)C(C(=O)O)C2C(=O)O. The van der Waals surface area contributed by atoms with E-state index in [9.17, 15) is 19.8 Å². The van der Waals surface area contributed by atoms with Gasteiger partial charge < -0.3 is 10.2 Å². The molecule has 0 saturated heterocycles. The molecule has 16 heavy (non-hydrogen) atoms. The lowest BCUT2D eigenvalue weighted by molar-refractivity contribution is -0.157. The second kappa shape index (κ2) is 2.87. The molecule has 2 bridgehead atoms. The molecule has 4 atom stereocenters. The molecular formula is C12H16O4. The molecule has 2 aliphatic carbocycles. The maximum absolute atomic E-state index is 11.3. The molecule has 0 aliphatic heterocycles. The fraction of sp³-hybridized carbons (Fsp3) is 0.667. The molecule has 4 nitrogen and oxygen atoms in total. The number of carboxylic acids is 2. The van der Waals surface area contributed by atoms with Crippen molar-refractivity contribution < 1.29 is 19.8 Å². The Bertz CT molecular complexity index is 411. The molecule has 0 spiro atoms. The van der Waals surface area contributed by atoms with Crippen LogP contribution in [0.3, 0.4) is 0 Å². The van der Waals surface area contributed by atoms with Crippen LogP contribution in [0.5, 0.6) is 0 Å². The Morgan fingerprint density at radius 2 is 1.75 bits per heavy atom. The van der Waals surface area contributed by atoms with E-state index >= 15 is 0 Å². The zero-order chi connectivity index (χ0) is 12.3. The highest BCUT2D eigenvalue weighted by Gasteiger charge is 2.65. The fourth-order valence-corrected chi connectivity index (χ4v) is 3.78. The summed E-state index contributed by atoms with van der Waals surface area (Å²) in [6.45, 7) is 5.62. The van der Waals surface area contributed by atoms with Gasteiger partial charge in [-0.15, -0.1) is 0 Å². The molecule has 0 aromatic rings. The first-order valence-corrected chi connectivity index (χ1v) is 5.38. The Morgan fingerprint density at radius 1 is 1.25 bits per heavy atom. The van der Waals surface area contributed by atoms with Crippen LogP contribution >= 0.6 is 0 Å². The number of aliphatic carboxylic acids is 2.